The molecule has 0 radical (unpaired) electrons. The van der Waals surface area contributed by atoms with E-state index in [9.17, 15) is 18.7 Å². The first kappa shape index (κ1) is 18.6. The summed E-state index contributed by atoms with van der Waals surface area (Å²) in [4.78, 5) is 16.2. The average molecular weight is 373 g/mol. The third kappa shape index (κ3) is 3.97. The normalized spacial score (nSPS) is 10.8. The van der Waals surface area contributed by atoms with Gasteiger partial charge in [-0.05, 0) is 36.8 Å². The smallest absolute Gasteiger partial charge is 0.357 e. The fraction of sp³-hybridized carbons (Fsp3) is 0.200. The molecule has 3 rings (SSSR count). The zero-order valence-electron chi connectivity index (χ0n) is 14.5. The Balaban J connectivity index is 1.98. The molecule has 0 unspecified atom stereocenters. The Morgan fingerprint density at radius 3 is 2.78 bits per heavy atom. The molecule has 1 aromatic heterocycles. The van der Waals surface area contributed by atoms with E-state index in [1.807, 2.05) is 6.92 Å². The molecule has 0 aliphatic heterocycles. The summed E-state index contributed by atoms with van der Waals surface area (Å²) in [5.74, 6) is -3.06. The van der Waals surface area contributed by atoms with Crippen LogP contribution in [0.1, 0.15) is 30.3 Å². The van der Waals surface area contributed by atoms with Crippen molar-refractivity contribution in [3.05, 3.63) is 59.9 Å². The number of rotatable bonds is 6. The van der Waals surface area contributed by atoms with E-state index < -0.39 is 17.6 Å². The van der Waals surface area contributed by atoms with Crippen molar-refractivity contribution in [2.75, 3.05) is 6.61 Å². The fourth-order valence-electron chi connectivity index (χ4n) is 2.50. The van der Waals surface area contributed by atoms with Gasteiger partial charge in [0.05, 0.1) is 12.8 Å². The first-order valence-corrected chi connectivity index (χ1v) is 8.42. The van der Waals surface area contributed by atoms with Gasteiger partial charge < -0.3 is 14.6 Å². The van der Waals surface area contributed by atoms with Crippen molar-refractivity contribution in [1.82, 2.24) is 4.98 Å². The van der Waals surface area contributed by atoms with E-state index in [-0.39, 0.29) is 34.9 Å². The molecule has 0 fully saturated rings. The first-order chi connectivity index (χ1) is 13.0. The first-order valence-electron chi connectivity index (χ1n) is 8.42. The molecule has 2 aromatic carbocycles. The van der Waals surface area contributed by atoms with Gasteiger partial charge >= 0.3 is 5.97 Å². The number of hydrogen-bond donors (Lipinski definition) is 1. The number of nitrogens with zero attached hydrogens (tertiary/aromatic N) is 1. The number of fused-ring (bicyclic) bond motifs is 1. The minimum atomic E-state index is -1.12. The number of pyridine rings is 1. The number of carbonyl (C=O) groups excluding carboxylic acids is 1. The lowest BCUT2D eigenvalue weighted by Gasteiger charge is -2.11. The monoisotopic (exact) mass is 373 g/mol. The lowest BCUT2D eigenvalue weighted by atomic mass is 10.1. The number of aromatic hydroxyl groups is 1. The molecule has 7 heteroatoms. The predicted molar refractivity (Wildman–Crippen MR) is 95.0 cm³/mol. The maximum Gasteiger partial charge on any atom is 0.357 e. The molecule has 0 amide bonds. The Labute approximate surface area is 154 Å². The Kier molecular flexibility index (Phi) is 5.49. The van der Waals surface area contributed by atoms with Gasteiger partial charge in [-0.25, -0.2) is 14.2 Å². The van der Waals surface area contributed by atoms with E-state index in [1.54, 1.807) is 0 Å². The van der Waals surface area contributed by atoms with Crippen molar-refractivity contribution in [2.24, 2.45) is 0 Å². The van der Waals surface area contributed by atoms with Gasteiger partial charge in [0.1, 0.15) is 11.5 Å². The molecule has 140 valence electrons. The summed E-state index contributed by atoms with van der Waals surface area (Å²) in [6, 6.07) is 7.97. The second-order valence-corrected chi connectivity index (χ2v) is 5.84. The van der Waals surface area contributed by atoms with Gasteiger partial charge in [-0.3, -0.25) is 0 Å². The SMILES string of the molecule is CCCCOC(=O)c1ncc(O)c2ccc(Oc3cccc(F)c3F)cc12. The molecule has 0 atom stereocenters. The molecule has 1 N–H and O–H groups in total. The van der Waals surface area contributed by atoms with Gasteiger partial charge in [0.15, 0.2) is 17.3 Å². The number of carbonyl (C=O) groups is 1. The van der Waals surface area contributed by atoms with Crippen LogP contribution in [0.4, 0.5) is 8.78 Å². The second kappa shape index (κ2) is 7.99. The molecular formula is C20H17F2NO4. The van der Waals surface area contributed by atoms with Crippen molar-refractivity contribution in [3.8, 4) is 17.2 Å². The average Bonchev–Trinajstić information content (AvgIpc) is 2.66. The fourth-order valence-corrected chi connectivity index (χ4v) is 2.50. The Hall–Kier alpha value is -3.22. The molecule has 0 aliphatic carbocycles. The highest BCUT2D eigenvalue weighted by Gasteiger charge is 2.17. The number of ether oxygens (including phenoxy) is 2. The highest BCUT2D eigenvalue weighted by Crippen LogP contribution is 2.32. The van der Waals surface area contributed by atoms with Gasteiger partial charge in [-0.15, -0.1) is 0 Å². The lowest BCUT2D eigenvalue weighted by Crippen LogP contribution is -2.09. The van der Waals surface area contributed by atoms with Gasteiger partial charge in [-0.2, -0.15) is 4.39 Å². The standard InChI is InChI=1S/C20H17F2NO4/c1-2-3-9-26-20(25)19-14-10-12(7-8-13(14)16(24)11-23-19)27-17-6-4-5-15(21)18(17)22/h4-8,10-11,24H,2-3,9H2,1H3. The quantitative estimate of drug-likeness (QED) is 0.488. The van der Waals surface area contributed by atoms with Gasteiger partial charge in [-0.1, -0.05) is 19.4 Å². The zero-order valence-corrected chi connectivity index (χ0v) is 14.5. The van der Waals surface area contributed by atoms with Crippen LogP contribution in [0.3, 0.4) is 0 Å². The highest BCUT2D eigenvalue weighted by atomic mass is 19.2. The third-order valence-electron chi connectivity index (χ3n) is 3.91. The minimum absolute atomic E-state index is 0.00377. The summed E-state index contributed by atoms with van der Waals surface area (Å²) in [5, 5.41) is 10.6. The molecule has 0 aliphatic rings. The largest absolute Gasteiger partial charge is 0.506 e. The van der Waals surface area contributed by atoms with E-state index >= 15 is 0 Å². The van der Waals surface area contributed by atoms with Crippen molar-refractivity contribution in [3.63, 3.8) is 0 Å². The van der Waals surface area contributed by atoms with E-state index in [4.69, 9.17) is 9.47 Å². The number of halogens is 2. The number of esters is 1. The minimum Gasteiger partial charge on any atom is -0.506 e. The molecule has 0 bridgehead atoms. The maximum atomic E-state index is 13.8. The van der Waals surface area contributed by atoms with E-state index in [0.29, 0.717) is 5.39 Å². The van der Waals surface area contributed by atoms with Crippen LogP contribution in [0.25, 0.3) is 10.8 Å². The van der Waals surface area contributed by atoms with Crippen LogP contribution in [-0.4, -0.2) is 22.7 Å². The number of unbranched alkanes of at least 4 members (excludes halogenated alkanes) is 1. The molecule has 27 heavy (non-hydrogen) atoms. The Morgan fingerprint density at radius 1 is 1.19 bits per heavy atom. The highest BCUT2D eigenvalue weighted by molar-refractivity contribution is 6.04. The van der Waals surface area contributed by atoms with Crippen LogP contribution < -0.4 is 4.74 Å². The van der Waals surface area contributed by atoms with Crippen molar-refractivity contribution >= 4 is 16.7 Å². The summed E-state index contributed by atoms with van der Waals surface area (Å²) in [5.41, 5.74) is 0.00377. The summed E-state index contributed by atoms with van der Waals surface area (Å²) in [7, 11) is 0. The molecule has 5 nitrogen and oxygen atoms in total. The van der Waals surface area contributed by atoms with E-state index in [2.05, 4.69) is 4.98 Å². The van der Waals surface area contributed by atoms with Gasteiger partial charge in [0.25, 0.3) is 0 Å². The molecule has 3 aromatic rings. The Bertz CT molecular complexity index is 991. The number of aromatic nitrogens is 1. The van der Waals surface area contributed by atoms with E-state index in [0.717, 1.165) is 25.1 Å². The molecule has 0 spiro atoms. The van der Waals surface area contributed by atoms with Crippen LogP contribution in [0.15, 0.2) is 42.6 Å². The van der Waals surface area contributed by atoms with Crippen LogP contribution in [0, 0.1) is 11.6 Å². The third-order valence-corrected chi connectivity index (χ3v) is 3.91. The van der Waals surface area contributed by atoms with Crippen molar-refractivity contribution < 1.29 is 28.2 Å². The summed E-state index contributed by atoms with van der Waals surface area (Å²) in [6.45, 7) is 2.22. The topological polar surface area (TPSA) is 68.7 Å². The maximum absolute atomic E-state index is 13.8. The molecule has 0 saturated carbocycles. The predicted octanol–water partition coefficient (Wildman–Crippen LogP) is 4.97. The lowest BCUT2D eigenvalue weighted by molar-refractivity contribution is 0.0495. The second-order valence-electron chi connectivity index (χ2n) is 5.84. The number of hydrogen-bond acceptors (Lipinski definition) is 5. The Morgan fingerprint density at radius 2 is 2.00 bits per heavy atom. The van der Waals surface area contributed by atoms with Crippen LogP contribution in [0.5, 0.6) is 17.2 Å². The molecular weight excluding hydrogens is 356 g/mol. The summed E-state index contributed by atoms with van der Waals surface area (Å²) >= 11 is 0. The zero-order chi connectivity index (χ0) is 19.4. The molecule has 0 saturated heterocycles. The van der Waals surface area contributed by atoms with Crippen molar-refractivity contribution in [2.45, 2.75) is 19.8 Å². The van der Waals surface area contributed by atoms with Crippen LogP contribution in [0.2, 0.25) is 0 Å². The van der Waals surface area contributed by atoms with Gasteiger partial charge in [0, 0.05) is 10.8 Å². The molecule has 1 heterocycles. The van der Waals surface area contributed by atoms with Crippen LogP contribution in [-0.2, 0) is 4.74 Å². The summed E-state index contributed by atoms with van der Waals surface area (Å²) in [6.07, 6.45) is 2.74. The van der Waals surface area contributed by atoms with Crippen LogP contribution >= 0.6 is 0 Å². The van der Waals surface area contributed by atoms with Crippen molar-refractivity contribution in [1.29, 1.82) is 0 Å². The van der Waals surface area contributed by atoms with E-state index in [1.165, 1.54) is 30.3 Å². The summed E-state index contributed by atoms with van der Waals surface area (Å²) < 4.78 is 37.7. The number of benzene rings is 2. The van der Waals surface area contributed by atoms with Gasteiger partial charge in [0.2, 0.25) is 5.82 Å².